The molecule has 2 aromatic rings. The summed E-state index contributed by atoms with van der Waals surface area (Å²) in [4.78, 5) is 19.3. The average Bonchev–Trinajstić information content (AvgIpc) is 2.84. The number of carbonyl (C=O) groups excluding carboxylic acids is 1. The predicted molar refractivity (Wildman–Crippen MR) is 68.7 cm³/mol. The largest absolute Gasteiger partial charge is 0.310 e. The minimum absolute atomic E-state index is 0.0776. The number of aromatic nitrogens is 1. The third kappa shape index (κ3) is 1.88. The van der Waals surface area contributed by atoms with Gasteiger partial charge in [0.05, 0.1) is 0 Å². The van der Waals surface area contributed by atoms with Gasteiger partial charge in [0.25, 0.3) is 0 Å². The van der Waals surface area contributed by atoms with Crippen molar-refractivity contribution >= 4 is 23.6 Å². The lowest BCUT2D eigenvalue weighted by molar-refractivity contribution is -0.344. The van der Waals surface area contributed by atoms with E-state index in [2.05, 4.69) is 15.3 Å². The van der Waals surface area contributed by atoms with Crippen molar-refractivity contribution in [2.24, 2.45) is 0 Å². The number of hydrogen-bond donors (Lipinski definition) is 2. The summed E-state index contributed by atoms with van der Waals surface area (Å²) in [5.74, 6) is 0.217. The molecule has 0 saturated heterocycles. The topological polar surface area (TPSA) is 56.0 Å². The molecule has 2 N–H and O–H groups in total. The highest BCUT2D eigenvalue weighted by atomic mass is 16.1. The summed E-state index contributed by atoms with van der Waals surface area (Å²) < 4.78 is 0. The number of nitrogens with one attached hydrogen (secondary N) is 2. The Morgan fingerprint density at radius 2 is 2.00 bits per heavy atom. The first-order valence-electron chi connectivity index (χ1n) is 5.75. The van der Waals surface area contributed by atoms with Gasteiger partial charge >= 0.3 is 0 Å². The monoisotopic (exact) mass is 238 g/mol. The van der Waals surface area contributed by atoms with E-state index in [0.717, 1.165) is 11.3 Å². The van der Waals surface area contributed by atoms with Gasteiger partial charge in [-0.3, -0.25) is 4.79 Å². The van der Waals surface area contributed by atoms with Crippen LogP contribution in [0, 0.1) is 0 Å². The molecule has 1 aromatic carbocycles. The normalized spacial score (nSPS) is 16.3. The standard InChI is InChI=1S/C14H11N3O/c18-14(17-13-7-3-4-8-15-13)11-9-16-12-6-2-1-5-10(11)12/h1-9,11H,(H,15,17,18)/p+1. The fourth-order valence-electron chi connectivity index (χ4n) is 2.02. The highest BCUT2D eigenvalue weighted by molar-refractivity contribution is 6.06. The van der Waals surface area contributed by atoms with Crippen LogP contribution < -0.4 is 10.3 Å². The Morgan fingerprint density at radius 1 is 1.17 bits per heavy atom. The van der Waals surface area contributed by atoms with Gasteiger partial charge in [-0.2, -0.15) is 0 Å². The number of benzene rings is 1. The highest BCUT2D eigenvalue weighted by Gasteiger charge is 2.30. The molecular formula is C14H12N3O+. The van der Waals surface area contributed by atoms with E-state index in [0.29, 0.717) is 5.82 Å². The van der Waals surface area contributed by atoms with Gasteiger partial charge in [0.1, 0.15) is 11.7 Å². The number of fused-ring (bicyclic) bond motifs is 1. The van der Waals surface area contributed by atoms with Crippen LogP contribution in [0.25, 0.3) is 0 Å². The van der Waals surface area contributed by atoms with Crippen LogP contribution in [0.3, 0.4) is 0 Å². The van der Waals surface area contributed by atoms with Gasteiger partial charge in [0.2, 0.25) is 11.6 Å². The predicted octanol–water partition coefficient (Wildman–Crippen LogP) is 0.600. The van der Waals surface area contributed by atoms with Crippen molar-refractivity contribution in [3.8, 4) is 0 Å². The number of para-hydroxylation sites is 1. The minimum Gasteiger partial charge on any atom is -0.310 e. The van der Waals surface area contributed by atoms with Crippen molar-refractivity contribution < 1.29 is 9.79 Å². The molecule has 1 atom stereocenters. The van der Waals surface area contributed by atoms with Gasteiger partial charge < -0.3 is 5.32 Å². The van der Waals surface area contributed by atoms with E-state index in [1.165, 1.54) is 0 Å². The summed E-state index contributed by atoms with van der Waals surface area (Å²) in [5.41, 5.74) is 1.98. The number of carbonyl (C=O) groups is 1. The molecule has 0 fully saturated rings. The maximum absolute atomic E-state index is 12.2. The molecule has 4 nitrogen and oxygen atoms in total. The first-order chi connectivity index (χ1) is 8.84. The quantitative estimate of drug-likeness (QED) is 0.805. The second-order valence-corrected chi connectivity index (χ2v) is 4.08. The average molecular weight is 238 g/mol. The molecule has 1 aliphatic rings. The Labute approximate surface area is 104 Å². The number of hydrogen-bond acceptors (Lipinski definition) is 2. The highest BCUT2D eigenvalue weighted by Crippen LogP contribution is 2.23. The number of nitrogens with zero attached hydrogens (tertiary/aromatic N) is 1. The van der Waals surface area contributed by atoms with Crippen LogP contribution in [0.2, 0.25) is 0 Å². The number of anilines is 1. The first-order valence-corrected chi connectivity index (χ1v) is 5.75. The zero-order chi connectivity index (χ0) is 12.4. The van der Waals surface area contributed by atoms with E-state index in [-0.39, 0.29) is 11.8 Å². The fourth-order valence-corrected chi connectivity index (χ4v) is 2.02. The van der Waals surface area contributed by atoms with Crippen LogP contribution in [0.4, 0.5) is 11.5 Å². The van der Waals surface area contributed by atoms with Crippen molar-refractivity contribution in [3.05, 3.63) is 54.2 Å². The Bertz CT molecular complexity index is 607. The lowest BCUT2D eigenvalue weighted by Gasteiger charge is -2.06. The van der Waals surface area contributed by atoms with Crippen molar-refractivity contribution in [1.29, 1.82) is 0 Å². The van der Waals surface area contributed by atoms with Gasteiger partial charge in [-0.15, -0.1) is 0 Å². The van der Waals surface area contributed by atoms with Gasteiger partial charge in [0, 0.05) is 17.8 Å². The Morgan fingerprint density at radius 3 is 2.83 bits per heavy atom. The molecule has 1 unspecified atom stereocenters. The van der Waals surface area contributed by atoms with E-state index in [9.17, 15) is 4.79 Å². The second-order valence-electron chi connectivity index (χ2n) is 4.08. The molecule has 1 aromatic heterocycles. The number of pyridine rings is 1. The van der Waals surface area contributed by atoms with E-state index >= 15 is 0 Å². The summed E-state index contributed by atoms with van der Waals surface area (Å²) in [6, 6.07) is 13.2. The maximum atomic E-state index is 12.2. The maximum Gasteiger partial charge on any atom is 0.243 e. The molecule has 1 aliphatic heterocycles. The Hall–Kier alpha value is -2.49. The van der Waals surface area contributed by atoms with Crippen molar-refractivity contribution in [3.63, 3.8) is 0 Å². The van der Waals surface area contributed by atoms with Crippen LogP contribution in [0.5, 0.6) is 0 Å². The summed E-state index contributed by atoms with van der Waals surface area (Å²) in [5, 5.41) is 2.80. The van der Waals surface area contributed by atoms with Gasteiger partial charge in [-0.1, -0.05) is 24.3 Å². The molecule has 18 heavy (non-hydrogen) atoms. The van der Waals surface area contributed by atoms with Crippen LogP contribution >= 0.6 is 0 Å². The van der Waals surface area contributed by atoms with E-state index in [1.807, 2.05) is 36.4 Å². The summed E-state index contributed by atoms with van der Waals surface area (Å²) >= 11 is 0. The van der Waals surface area contributed by atoms with E-state index in [1.54, 1.807) is 18.5 Å². The third-order valence-electron chi connectivity index (χ3n) is 2.90. The lowest BCUT2D eigenvalue weighted by Crippen LogP contribution is -2.59. The summed E-state index contributed by atoms with van der Waals surface area (Å²) in [6.07, 6.45) is 3.45. The summed E-state index contributed by atoms with van der Waals surface area (Å²) in [7, 11) is 0. The fraction of sp³-hybridized carbons (Fsp3) is 0.0714. The SMILES string of the molecule is O=C(Nc1ccccn1)C1C=[NH+]c2ccccc21. The number of amides is 1. The molecular weight excluding hydrogens is 226 g/mol. The molecule has 0 radical (unpaired) electrons. The van der Waals surface area contributed by atoms with Crippen molar-refractivity contribution in [2.75, 3.05) is 5.32 Å². The summed E-state index contributed by atoms with van der Waals surface area (Å²) in [6.45, 7) is 0. The molecule has 4 heteroatoms. The van der Waals surface area contributed by atoms with Crippen LogP contribution in [0.15, 0.2) is 48.7 Å². The number of rotatable bonds is 2. The smallest absolute Gasteiger partial charge is 0.243 e. The Kier molecular flexibility index (Phi) is 2.61. The zero-order valence-electron chi connectivity index (χ0n) is 9.63. The lowest BCUT2D eigenvalue weighted by atomic mass is 10.0. The molecule has 88 valence electrons. The molecule has 0 aliphatic carbocycles. The molecule has 0 bridgehead atoms. The first kappa shape index (κ1) is 10.7. The minimum atomic E-state index is -0.275. The Balaban J connectivity index is 1.81. The van der Waals surface area contributed by atoms with Crippen LogP contribution in [-0.2, 0) is 4.79 Å². The molecule has 1 amide bonds. The van der Waals surface area contributed by atoms with Crippen molar-refractivity contribution in [2.45, 2.75) is 5.92 Å². The van der Waals surface area contributed by atoms with Crippen molar-refractivity contribution in [1.82, 2.24) is 4.98 Å². The molecule has 0 spiro atoms. The molecule has 0 saturated carbocycles. The third-order valence-corrected chi connectivity index (χ3v) is 2.90. The van der Waals surface area contributed by atoms with Crippen LogP contribution in [-0.4, -0.2) is 17.1 Å². The van der Waals surface area contributed by atoms with Gasteiger partial charge in [-0.05, 0) is 12.1 Å². The van der Waals surface area contributed by atoms with Crippen LogP contribution in [0.1, 0.15) is 11.5 Å². The second kappa shape index (κ2) is 4.41. The van der Waals surface area contributed by atoms with E-state index < -0.39 is 0 Å². The molecule has 2 heterocycles. The molecule has 3 rings (SSSR count). The zero-order valence-corrected chi connectivity index (χ0v) is 9.63. The van der Waals surface area contributed by atoms with Gasteiger partial charge in [0.15, 0.2) is 6.21 Å². The van der Waals surface area contributed by atoms with Gasteiger partial charge in [-0.25, -0.2) is 9.98 Å². The van der Waals surface area contributed by atoms with E-state index in [4.69, 9.17) is 0 Å².